The Morgan fingerprint density at radius 2 is 2.05 bits per heavy atom. The fraction of sp³-hybridized carbons (Fsp3) is 0.438. The third kappa shape index (κ3) is 6.95. The summed E-state index contributed by atoms with van der Waals surface area (Å²) >= 11 is 0. The quantitative estimate of drug-likeness (QED) is 0.345. The van der Waals surface area contributed by atoms with Crippen LogP contribution in [-0.2, 0) is 11.3 Å². The molecule has 5 heteroatoms. The largest absolute Gasteiger partial charge is 0.377 e. The molecule has 116 valence electrons. The average molecular weight is 401 g/mol. The Morgan fingerprint density at radius 1 is 1.24 bits per heavy atom. The number of ether oxygens (including phenoxy) is 1. The van der Waals surface area contributed by atoms with E-state index in [1.807, 2.05) is 18.2 Å². The van der Waals surface area contributed by atoms with Crippen LogP contribution in [0.5, 0.6) is 0 Å². The first-order chi connectivity index (χ1) is 9.88. The molecule has 21 heavy (non-hydrogen) atoms. The molecule has 0 atom stereocenters. The van der Waals surface area contributed by atoms with Crippen molar-refractivity contribution in [3.63, 3.8) is 0 Å². The summed E-state index contributed by atoms with van der Waals surface area (Å²) < 4.78 is 5.30. The number of rotatable bonds is 5. The molecule has 0 saturated heterocycles. The summed E-state index contributed by atoms with van der Waals surface area (Å²) in [7, 11) is 1.80. The highest BCUT2D eigenvalue weighted by Gasteiger charge is 2.04. The number of hydrogen-bond donors (Lipinski definition) is 2. The van der Waals surface area contributed by atoms with Gasteiger partial charge in [0.1, 0.15) is 0 Å². The summed E-state index contributed by atoms with van der Waals surface area (Å²) in [5.41, 5.74) is 2.73. The van der Waals surface area contributed by atoms with Gasteiger partial charge in [-0.05, 0) is 18.4 Å². The summed E-state index contributed by atoms with van der Waals surface area (Å²) in [6.45, 7) is 3.31. The molecular formula is C16H24IN3O. The summed E-state index contributed by atoms with van der Waals surface area (Å²) in [4.78, 5) is 4.24. The van der Waals surface area contributed by atoms with Crippen LogP contribution in [0.25, 0.3) is 0 Å². The van der Waals surface area contributed by atoms with E-state index >= 15 is 0 Å². The minimum atomic E-state index is 0. The lowest BCUT2D eigenvalue weighted by Gasteiger charge is -2.15. The molecule has 1 aromatic carbocycles. The van der Waals surface area contributed by atoms with Crippen LogP contribution in [0, 0.1) is 0 Å². The highest BCUT2D eigenvalue weighted by Crippen LogP contribution is 2.10. The van der Waals surface area contributed by atoms with E-state index in [-0.39, 0.29) is 24.0 Å². The van der Waals surface area contributed by atoms with Crippen LogP contribution in [0.3, 0.4) is 0 Å². The monoisotopic (exact) mass is 401 g/mol. The molecule has 0 saturated carbocycles. The van der Waals surface area contributed by atoms with Gasteiger partial charge < -0.3 is 15.4 Å². The van der Waals surface area contributed by atoms with E-state index in [9.17, 15) is 0 Å². The van der Waals surface area contributed by atoms with E-state index in [1.54, 1.807) is 7.05 Å². The number of aliphatic imine (C=N–C) groups is 1. The molecule has 0 radical (unpaired) electrons. The first-order valence-corrected chi connectivity index (χ1v) is 7.12. The maximum Gasteiger partial charge on any atom is 0.191 e. The SMILES string of the molecule is CN=C(NCCC1=CCOCC1)NCc1ccccc1.I. The molecule has 1 aliphatic heterocycles. The van der Waals surface area contributed by atoms with Crippen molar-refractivity contribution >= 4 is 29.9 Å². The number of benzene rings is 1. The Balaban J connectivity index is 0.00000220. The maximum atomic E-state index is 5.30. The van der Waals surface area contributed by atoms with Gasteiger partial charge in [-0.25, -0.2) is 0 Å². The maximum absolute atomic E-state index is 5.30. The molecule has 1 heterocycles. The Hall–Kier alpha value is -1.08. The van der Waals surface area contributed by atoms with Crippen LogP contribution in [0.2, 0.25) is 0 Å². The van der Waals surface area contributed by atoms with Gasteiger partial charge in [0, 0.05) is 20.1 Å². The minimum Gasteiger partial charge on any atom is -0.377 e. The predicted molar refractivity (Wildman–Crippen MR) is 98.2 cm³/mol. The van der Waals surface area contributed by atoms with Gasteiger partial charge in [-0.15, -0.1) is 24.0 Å². The van der Waals surface area contributed by atoms with Crippen molar-refractivity contribution in [1.82, 2.24) is 10.6 Å². The van der Waals surface area contributed by atoms with E-state index in [0.29, 0.717) is 0 Å². The number of nitrogens with one attached hydrogen (secondary N) is 2. The van der Waals surface area contributed by atoms with Gasteiger partial charge in [-0.1, -0.05) is 42.0 Å². The third-order valence-corrected chi connectivity index (χ3v) is 3.32. The van der Waals surface area contributed by atoms with Crippen LogP contribution in [-0.4, -0.2) is 32.8 Å². The molecule has 2 N–H and O–H groups in total. The molecule has 0 fully saturated rings. The van der Waals surface area contributed by atoms with E-state index in [2.05, 4.69) is 33.8 Å². The van der Waals surface area contributed by atoms with Crippen molar-refractivity contribution in [1.29, 1.82) is 0 Å². The number of hydrogen-bond acceptors (Lipinski definition) is 2. The summed E-state index contributed by atoms with van der Waals surface area (Å²) in [6, 6.07) is 10.3. The average Bonchev–Trinajstić information content (AvgIpc) is 2.52. The highest BCUT2D eigenvalue weighted by molar-refractivity contribution is 14.0. The van der Waals surface area contributed by atoms with Crippen molar-refractivity contribution < 1.29 is 4.74 Å². The van der Waals surface area contributed by atoms with Gasteiger partial charge >= 0.3 is 0 Å². The van der Waals surface area contributed by atoms with Gasteiger partial charge in [-0.3, -0.25) is 4.99 Å². The predicted octanol–water partition coefficient (Wildman–Crippen LogP) is 2.71. The van der Waals surface area contributed by atoms with Gasteiger partial charge in [0.25, 0.3) is 0 Å². The van der Waals surface area contributed by atoms with Crippen LogP contribution in [0.1, 0.15) is 18.4 Å². The highest BCUT2D eigenvalue weighted by atomic mass is 127. The van der Waals surface area contributed by atoms with Gasteiger partial charge in [0.2, 0.25) is 0 Å². The van der Waals surface area contributed by atoms with Crippen molar-refractivity contribution in [2.24, 2.45) is 4.99 Å². The van der Waals surface area contributed by atoms with Crippen molar-refractivity contribution in [2.45, 2.75) is 19.4 Å². The van der Waals surface area contributed by atoms with Crippen LogP contribution >= 0.6 is 24.0 Å². The first-order valence-electron chi connectivity index (χ1n) is 7.12. The number of halogens is 1. The summed E-state index contributed by atoms with van der Waals surface area (Å²) in [5, 5.41) is 6.66. The van der Waals surface area contributed by atoms with Gasteiger partial charge in [0.05, 0.1) is 13.2 Å². The summed E-state index contributed by atoms with van der Waals surface area (Å²) in [5.74, 6) is 0.849. The molecule has 1 aromatic rings. The second kappa shape index (κ2) is 10.6. The zero-order chi connectivity index (χ0) is 14.0. The minimum absolute atomic E-state index is 0. The van der Waals surface area contributed by atoms with Crippen LogP contribution < -0.4 is 10.6 Å². The zero-order valence-corrected chi connectivity index (χ0v) is 14.8. The van der Waals surface area contributed by atoms with E-state index in [1.165, 1.54) is 11.1 Å². The smallest absolute Gasteiger partial charge is 0.191 e. The molecule has 4 nitrogen and oxygen atoms in total. The van der Waals surface area contributed by atoms with E-state index in [0.717, 1.165) is 45.1 Å². The Morgan fingerprint density at radius 3 is 2.71 bits per heavy atom. The fourth-order valence-electron chi connectivity index (χ4n) is 2.14. The molecule has 0 unspecified atom stereocenters. The van der Waals surface area contributed by atoms with Crippen molar-refractivity contribution in [3.8, 4) is 0 Å². The van der Waals surface area contributed by atoms with Crippen LogP contribution in [0.4, 0.5) is 0 Å². The number of nitrogens with zero attached hydrogens (tertiary/aromatic N) is 1. The fourth-order valence-corrected chi connectivity index (χ4v) is 2.14. The lowest BCUT2D eigenvalue weighted by Crippen LogP contribution is -2.37. The molecule has 0 spiro atoms. The second-order valence-electron chi connectivity index (χ2n) is 4.78. The van der Waals surface area contributed by atoms with Crippen LogP contribution in [0.15, 0.2) is 47.0 Å². The molecule has 1 aliphatic rings. The molecule has 0 bridgehead atoms. The molecular weight excluding hydrogens is 377 g/mol. The second-order valence-corrected chi connectivity index (χ2v) is 4.78. The molecule has 2 rings (SSSR count). The Labute approximate surface area is 144 Å². The standard InChI is InChI=1S/C16H23N3O.HI/c1-17-16(19-13-15-5-3-2-4-6-15)18-10-7-14-8-11-20-12-9-14;/h2-6,8H,7,9-13H2,1H3,(H2,17,18,19);1H. The zero-order valence-electron chi connectivity index (χ0n) is 12.5. The van der Waals surface area contributed by atoms with Crippen molar-refractivity contribution in [2.75, 3.05) is 26.8 Å². The van der Waals surface area contributed by atoms with Crippen molar-refractivity contribution in [3.05, 3.63) is 47.5 Å². The third-order valence-electron chi connectivity index (χ3n) is 3.32. The lowest BCUT2D eigenvalue weighted by atomic mass is 10.1. The Kier molecular flexibility index (Phi) is 9.09. The number of guanidine groups is 1. The van der Waals surface area contributed by atoms with E-state index < -0.39 is 0 Å². The van der Waals surface area contributed by atoms with Gasteiger partial charge in [0.15, 0.2) is 5.96 Å². The Bertz CT molecular complexity index is 460. The summed E-state index contributed by atoms with van der Waals surface area (Å²) in [6.07, 6.45) is 4.29. The molecule has 0 aliphatic carbocycles. The first kappa shape index (κ1) is 18.0. The topological polar surface area (TPSA) is 45.7 Å². The normalized spacial score (nSPS) is 14.9. The lowest BCUT2D eigenvalue weighted by molar-refractivity contribution is 0.153. The molecule has 0 amide bonds. The van der Waals surface area contributed by atoms with E-state index in [4.69, 9.17) is 4.74 Å². The van der Waals surface area contributed by atoms with Gasteiger partial charge in [-0.2, -0.15) is 0 Å². The molecule has 0 aromatic heterocycles.